The Hall–Kier alpha value is -0.970. The van der Waals surface area contributed by atoms with Gasteiger partial charge in [0.2, 0.25) is 0 Å². The van der Waals surface area contributed by atoms with E-state index in [9.17, 15) is 9.90 Å². The van der Waals surface area contributed by atoms with Gasteiger partial charge in [-0.1, -0.05) is 17.7 Å². The topological polar surface area (TPSA) is 72.5 Å². The van der Waals surface area contributed by atoms with Gasteiger partial charge in [-0.15, -0.1) is 12.4 Å². The van der Waals surface area contributed by atoms with Crippen molar-refractivity contribution in [2.75, 3.05) is 7.11 Å². The molecular formula is C10H13Cl2NO3. The van der Waals surface area contributed by atoms with Gasteiger partial charge in [-0.3, -0.25) is 4.79 Å². The highest BCUT2D eigenvalue weighted by Crippen LogP contribution is 2.26. The number of esters is 1. The van der Waals surface area contributed by atoms with Crippen LogP contribution in [-0.4, -0.2) is 18.2 Å². The molecule has 1 atom stereocenters. The van der Waals surface area contributed by atoms with Crippen molar-refractivity contribution in [1.29, 1.82) is 0 Å². The maximum Gasteiger partial charge on any atom is 0.307 e. The third-order valence-electron chi connectivity index (χ3n) is 2.01. The summed E-state index contributed by atoms with van der Waals surface area (Å²) >= 11 is 5.71. The fourth-order valence-electron chi connectivity index (χ4n) is 1.13. The van der Waals surface area contributed by atoms with Crippen molar-refractivity contribution in [2.24, 2.45) is 5.73 Å². The molecule has 1 aromatic carbocycles. The van der Waals surface area contributed by atoms with Gasteiger partial charge in [0.25, 0.3) is 0 Å². The van der Waals surface area contributed by atoms with Gasteiger partial charge in [0.1, 0.15) is 5.75 Å². The van der Waals surface area contributed by atoms with E-state index in [0.717, 1.165) is 0 Å². The van der Waals surface area contributed by atoms with E-state index in [1.165, 1.54) is 19.2 Å². The smallest absolute Gasteiger partial charge is 0.307 e. The van der Waals surface area contributed by atoms with Crippen molar-refractivity contribution in [3.05, 3.63) is 28.8 Å². The van der Waals surface area contributed by atoms with Crippen LogP contribution in [0.15, 0.2) is 18.2 Å². The number of aromatic hydroxyl groups is 1. The Morgan fingerprint density at radius 1 is 1.62 bits per heavy atom. The van der Waals surface area contributed by atoms with Gasteiger partial charge in [-0.25, -0.2) is 0 Å². The van der Waals surface area contributed by atoms with Crippen LogP contribution in [0.2, 0.25) is 5.02 Å². The second kappa shape index (κ2) is 6.58. The van der Waals surface area contributed by atoms with Gasteiger partial charge < -0.3 is 15.6 Å². The fraction of sp³-hybridized carbons (Fsp3) is 0.300. The van der Waals surface area contributed by atoms with Gasteiger partial charge in [-0.2, -0.15) is 0 Å². The summed E-state index contributed by atoms with van der Waals surface area (Å²) in [6.07, 6.45) is 0.0810. The van der Waals surface area contributed by atoms with Crippen LogP contribution in [0.3, 0.4) is 0 Å². The molecule has 1 aromatic rings. The first-order valence-electron chi connectivity index (χ1n) is 4.35. The van der Waals surface area contributed by atoms with Crippen LogP contribution < -0.4 is 5.73 Å². The zero-order valence-corrected chi connectivity index (χ0v) is 10.2. The molecule has 0 aliphatic carbocycles. The van der Waals surface area contributed by atoms with E-state index < -0.39 is 6.04 Å². The highest BCUT2D eigenvalue weighted by Gasteiger charge is 2.13. The fourth-order valence-corrected chi connectivity index (χ4v) is 1.32. The second-order valence-corrected chi connectivity index (χ2v) is 3.50. The Morgan fingerprint density at radius 3 is 2.75 bits per heavy atom. The lowest BCUT2D eigenvalue weighted by atomic mass is 10.0. The standard InChI is InChI=1S/C10H12ClNO3.ClH/c1-15-10(14)5-8(12)6-2-3-9(13)7(11)4-6;/h2-4,8,13H,5,12H2,1H3;1H/t8-;/m0./s1. The molecule has 0 saturated carbocycles. The number of hydrogen-bond acceptors (Lipinski definition) is 4. The van der Waals surface area contributed by atoms with Crippen molar-refractivity contribution in [2.45, 2.75) is 12.5 Å². The summed E-state index contributed by atoms with van der Waals surface area (Å²) in [5, 5.41) is 9.40. The molecule has 6 heteroatoms. The van der Waals surface area contributed by atoms with Gasteiger partial charge in [0, 0.05) is 6.04 Å². The van der Waals surface area contributed by atoms with Crippen LogP contribution in [0.5, 0.6) is 5.75 Å². The van der Waals surface area contributed by atoms with Crippen LogP contribution >= 0.6 is 24.0 Å². The molecule has 0 unspecified atom stereocenters. The number of ether oxygens (including phenoxy) is 1. The Kier molecular flexibility index (Phi) is 6.18. The predicted molar refractivity (Wildman–Crippen MR) is 63.9 cm³/mol. The first-order valence-corrected chi connectivity index (χ1v) is 4.73. The van der Waals surface area contributed by atoms with Gasteiger partial charge in [0.05, 0.1) is 18.6 Å². The van der Waals surface area contributed by atoms with E-state index in [4.69, 9.17) is 17.3 Å². The van der Waals surface area contributed by atoms with E-state index in [2.05, 4.69) is 4.74 Å². The number of phenols is 1. The van der Waals surface area contributed by atoms with Crippen LogP contribution in [0.4, 0.5) is 0 Å². The second-order valence-electron chi connectivity index (χ2n) is 3.10. The summed E-state index contributed by atoms with van der Waals surface area (Å²) in [4.78, 5) is 11.0. The summed E-state index contributed by atoms with van der Waals surface area (Å²) < 4.78 is 4.50. The van der Waals surface area contributed by atoms with Gasteiger partial charge in [0.15, 0.2) is 0 Å². The molecule has 0 aromatic heterocycles. The molecule has 0 heterocycles. The first kappa shape index (κ1) is 15.0. The minimum atomic E-state index is -0.476. The molecule has 16 heavy (non-hydrogen) atoms. The Bertz CT molecular complexity index is 371. The van der Waals surface area contributed by atoms with Crippen LogP contribution in [0.1, 0.15) is 18.0 Å². The molecule has 0 fully saturated rings. The van der Waals surface area contributed by atoms with Crippen molar-refractivity contribution in [3.8, 4) is 5.75 Å². The Morgan fingerprint density at radius 2 is 2.25 bits per heavy atom. The monoisotopic (exact) mass is 265 g/mol. The number of benzene rings is 1. The number of rotatable bonds is 3. The molecular weight excluding hydrogens is 253 g/mol. The third kappa shape index (κ3) is 3.89. The summed E-state index contributed by atoms with van der Waals surface area (Å²) in [5.74, 6) is -0.391. The molecule has 0 amide bonds. The number of carbonyl (C=O) groups excluding carboxylic acids is 1. The predicted octanol–water partition coefficient (Wildman–Crippen LogP) is 2.03. The lowest BCUT2D eigenvalue weighted by Crippen LogP contribution is -2.16. The highest BCUT2D eigenvalue weighted by molar-refractivity contribution is 6.32. The summed E-state index contributed by atoms with van der Waals surface area (Å²) in [6.45, 7) is 0. The number of hydrogen-bond donors (Lipinski definition) is 2. The van der Waals surface area contributed by atoms with Crippen LogP contribution in [0, 0.1) is 0 Å². The van der Waals surface area contributed by atoms with E-state index in [0.29, 0.717) is 5.56 Å². The summed E-state index contributed by atoms with van der Waals surface area (Å²) in [6, 6.07) is 4.12. The van der Waals surface area contributed by atoms with Gasteiger partial charge >= 0.3 is 5.97 Å². The van der Waals surface area contributed by atoms with Crippen LogP contribution in [0.25, 0.3) is 0 Å². The number of carbonyl (C=O) groups is 1. The van der Waals surface area contributed by atoms with E-state index in [1.54, 1.807) is 6.07 Å². The Labute approximate surface area is 105 Å². The molecule has 3 N–H and O–H groups in total. The van der Waals surface area contributed by atoms with E-state index >= 15 is 0 Å². The van der Waals surface area contributed by atoms with Crippen LogP contribution in [-0.2, 0) is 9.53 Å². The number of nitrogens with two attached hydrogens (primary N) is 1. The molecule has 0 spiro atoms. The normalized spacial score (nSPS) is 11.4. The maximum absolute atomic E-state index is 11.0. The SMILES string of the molecule is COC(=O)C[C@H](N)c1ccc(O)c(Cl)c1.Cl. The van der Waals surface area contributed by atoms with E-state index in [1.807, 2.05) is 0 Å². The van der Waals surface area contributed by atoms with E-state index in [-0.39, 0.29) is 35.6 Å². The zero-order valence-electron chi connectivity index (χ0n) is 8.64. The third-order valence-corrected chi connectivity index (χ3v) is 2.32. The lowest BCUT2D eigenvalue weighted by Gasteiger charge is -2.11. The summed E-state index contributed by atoms with van der Waals surface area (Å²) in [5.41, 5.74) is 6.43. The van der Waals surface area contributed by atoms with Gasteiger partial charge in [-0.05, 0) is 17.7 Å². The minimum Gasteiger partial charge on any atom is -0.506 e. The molecule has 0 aliphatic rings. The largest absolute Gasteiger partial charge is 0.506 e. The van der Waals surface area contributed by atoms with Crippen molar-refractivity contribution in [3.63, 3.8) is 0 Å². The minimum absolute atomic E-state index is 0. The quantitative estimate of drug-likeness (QED) is 0.821. The number of phenolic OH excluding ortho intramolecular Hbond substituents is 1. The molecule has 90 valence electrons. The Balaban J connectivity index is 0.00000225. The number of halogens is 2. The molecule has 0 bridgehead atoms. The number of methoxy groups -OCH3 is 1. The van der Waals surface area contributed by atoms with Crippen molar-refractivity contribution in [1.82, 2.24) is 0 Å². The average molecular weight is 266 g/mol. The lowest BCUT2D eigenvalue weighted by molar-refractivity contribution is -0.141. The molecule has 0 saturated heterocycles. The molecule has 0 radical (unpaired) electrons. The highest BCUT2D eigenvalue weighted by atomic mass is 35.5. The molecule has 0 aliphatic heterocycles. The molecule has 1 rings (SSSR count). The average Bonchev–Trinajstić information content (AvgIpc) is 2.21. The zero-order chi connectivity index (χ0) is 11.4. The summed E-state index contributed by atoms with van der Waals surface area (Å²) in [7, 11) is 1.30. The van der Waals surface area contributed by atoms with Crippen molar-refractivity contribution >= 4 is 30.0 Å². The first-order chi connectivity index (χ1) is 7.04. The maximum atomic E-state index is 11.0. The molecule has 4 nitrogen and oxygen atoms in total. The van der Waals surface area contributed by atoms with Crippen molar-refractivity contribution < 1.29 is 14.6 Å².